The summed E-state index contributed by atoms with van der Waals surface area (Å²) in [5.41, 5.74) is 3.17. The number of aromatic carboxylic acids is 1. The number of anilines is 2. The Bertz CT molecular complexity index is 1340. The molecular formula is C28H28FN3O3S. The van der Waals surface area contributed by atoms with E-state index in [2.05, 4.69) is 21.9 Å². The van der Waals surface area contributed by atoms with Crippen LogP contribution in [0.1, 0.15) is 28.8 Å². The number of halogens is 1. The van der Waals surface area contributed by atoms with E-state index in [0.717, 1.165) is 55.5 Å². The van der Waals surface area contributed by atoms with E-state index in [4.69, 9.17) is 9.72 Å². The summed E-state index contributed by atoms with van der Waals surface area (Å²) in [5.74, 6) is -0.338. The van der Waals surface area contributed by atoms with Crippen molar-refractivity contribution < 1.29 is 19.0 Å². The number of thiazole rings is 1. The number of carbonyl (C=O) groups is 1. The summed E-state index contributed by atoms with van der Waals surface area (Å²) >= 11 is 1.41. The molecule has 36 heavy (non-hydrogen) atoms. The van der Waals surface area contributed by atoms with E-state index in [9.17, 15) is 14.3 Å². The van der Waals surface area contributed by atoms with Crippen LogP contribution < -0.4 is 14.5 Å². The van der Waals surface area contributed by atoms with Crippen molar-refractivity contribution in [2.45, 2.75) is 25.3 Å². The first-order valence-electron chi connectivity index (χ1n) is 12.0. The topological polar surface area (TPSA) is 65.9 Å². The highest BCUT2D eigenvalue weighted by atomic mass is 32.1. The van der Waals surface area contributed by atoms with Crippen molar-refractivity contribution in [2.24, 2.45) is 0 Å². The van der Waals surface area contributed by atoms with E-state index in [0.29, 0.717) is 10.2 Å². The fraction of sp³-hybridized carbons (Fsp3) is 0.286. The lowest BCUT2D eigenvalue weighted by Crippen LogP contribution is -2.49. The Hall–Kier alpha value is -3.65. The van der Waals surface area contributed by atoms with Crippen molar-refractivity contribution in [3.05, 3.63) is 83.7 Å². The molecule has 4 aromatic rings. The van der Waals surface area contributed by atoms with Crippen molar-refractivity contribution in [1.82, 2.24) is 4.98 Å². The highest BCUT2D eigenvalue weighted by Gasteiger charge is 2.28. The average Bonchev–Trinajstić information content (AvgIpc) is 3.35. The number of ether oxygens (including phenoxy) is 1. The van der Waals surface area contributed by atoms with Gasteiger partial charge in [0, 0.05) is 31.4 Å². The summed E-state index contributed by atoms with van der Waals surface area (Å²) in [4.78, 5) is 20.7. The van der Waals surface area contributed by atoms with Gasteiger partial charge in [-0.15, -0.1) is 0 Å². The van der Waals surface area contributed by atoms with Crippen LogP contribution >= 0.6 is 11.3 Å². The van der Waals surface area contributed by atoms with Gasteiger partial charge >= 0.3 is 5.97 Å². The van der Waals surface area contributed by atoms with E-state index in [1.165, 1.54) is 23.0 Å². The molecule has 0 aliphatic carbocycles. The van der Waals surface area contributed by atoms with Gasteiger partial charge in [0.15, 0.2) is 5.13 Å². The normalized spacial score (nSPS) is 15.7. The number of rotatable bonds is 8. The number of fused-ring (bicyclic) bond motifs is 1. The zero-order valence-electron chi connectivity index (χ0n) is 20.1. The van der Waals surface area contributed by atoms with Gasteiger partial charge in [-0.2, -0.15) is 0 Å². The molecule has 6 nitrogen and oxygen atoms in total. The van der Waals surface area contributed by atoms with Crippen LogP contribution in [0.25, 0.3) is 10.2 Å². The monoisotopic (exact) mass is 505 g/mol. The minimum absolute atomic E-state index is 0.194. The van der Waals surface area contributed by atoms with Crippen LogP contribution in [0.5, 0.6) is 5.75 Å². The van der Waals surface area contributed by atoms with Crippen molar-refractivity contribution in [3.8, 4) is 5.75 Å². The third-order valence-electron chi connectivity index (χ3n) is 6.72. The van der Waals surface area contributed by atoms with Gasteiger partial charge in [0.05, 0.1) is 22.9 Å². The van der Waals surface area contributed by atoms with Crippen molar-refractivity contribution in [1.29, 1.82) is 0 Å². The van der Waals surface area contributed by atoms with Gasteiger partial charge in [0.1, 0.15) is 11.6 Å². The second-order valence-electron chi connectivity index (χ2n) is 8.97. The average molecular weight is 506 g/mol. The number of carboxylic acids is 1. The maximum Gasteiger partial charge on any atom is 0.335 e. The Morgan fingerprint density at radius 1 is 1.17 bits per heavy atom. The Morgan fingerprint density at radius 3 is 2.64 bits per heavy atom. The molecule has 5 rings (SSSR count). The second kappa shape index (κ2) is 10.5. The summed E-state index contributed by atoms with van der Waals surface area (Å²) in [6, 6.07) is 20.4. The number of benzene rings is 3. The lowest BCUT2D eigenvalue weighted by molar-refractivity contribution is 0.0697. The van der Waals surface area contributed by atoms with Gasteiger partial charge in [-0.05, 0) is 73.4 Å². The van der Waals surface area contributed by atoms with Gasteiger partial charge in [-0.3, -0.25) is 0 Å². The smallest absolute Gasteiger partial charge is 0.335 e. The molecule has 1 aliphatic rings. The molecule has 0 bridgehead atoms. The van der Waals surface area contributed by atoms with E-state index in [1.807, 2.05) is 30.3 Å². The fourth-order valence-corrected chi connectivity index (χ4v) is 5.83. The largest absolute Gasteiger partial charge is 0.497 e. The Labute approximate surface area is 213 Å². The van der Waals surface area contributed by atoms with Gasteiger partial charge in [-0.1, -0.05) is 29.5 Å². The SMILES string of the molecule is COc1ccc(CCN(c2nc3cccc(F)c3s2)C2CCCN(c3ccc(C(=O)O)cc3)C2)cc1. The molecule has 2 heterocycles. The molecule has 0 saturated carbocycles. The molecule has 8 heteroatoms. The number of nitrogens with zero attached hydrogens (tertiary/aromatic N) is 3. The molecule has 0 amide bonds. The quantitative estimate of drug-likeness (QED) is 0.324. The number of aromatic nitrogens is 1. The van der Waals surface area contributed by atoms with E-state index in [-0.39, 0.29) is 17.4 Å². The summed E-state index contributed by atoms with van der Waals surface area (Å²) < 4.78 is 20.4. The number of carboxylic acid groups (broad SMARTS) is 1. The number of hydrogen-bond donors (Lipinski definition) is 1. The first kappa shape index (κ1) is 24.1. The molecular weight excluding hydrogens is 477 g/mol. The predicted octanol–water partition coefficient (Wildman–Crippen LogP) is 5.86. The lowest BCUT2D eigenvalue weighted by atomic mass is 10.0. The van der Waals surface area contributed by atoms with E-state index >= 15 is 0 Å². The first-order chi connectivity index (χ1) is 17.5. The van der Waals surface area contributed by atoms with Gasteiger partial charge in [-0.25, -0.2) is 14.2 Å². The molecule has 1 N–H and O–H groups in total. The number of piperidine rings is 1. The van der Waals surface area contributed by atoms with Crippen LogP contribution in [-0.2, 0) is 6.42 Å². The standard InChI is InChI=1S/C28H28FN3O3S/c1-35-23-13-7-19(8-14-23)15-17-32(28-30-25-6-2-5-24(29)26(25)36-28)22-4-3-16-31(18-22)21-11-9-20(10-12-21)27(33)34/h2,5-14,22H,3-4,15-18H2,1H3,(H,33,34). The fourth-order valence-electron chi connectivity index (χ4n) is 4.76. The number of methoxy groups -OCH3 is 1. The maximum atomic E-state index is 14.5. The first-order valence-corrected chi connectivity index (χ1v) is 12.9. The van der Waals surface area contributed by atoms with Crippen LogP contribution in [-0.4, -0.2) is 48.8 Å². The maximum absolute atomic E-state index is 14.5. The van der Waals surface area contributed by atoms with Crippen LogP contribution in [0.3, 0.4) is 0 Å². The molecule has 1 fully saturated rings. The van der Waals surface area contributed by atoms with Crippen LogP contribution in [0.15, 0.2) is 66.7 Å². The van der Waals surface area contributed by atoms with Crippen LogP contribution in [0, 0.1) is 5.82 Å². The molecule has 0 spiro atoms. The molecule has 1 unspecified atom stereocenters. The van der Waals surface area contributed by atoms with E-state index < -0.39 is 5.97 Å². The molecule has 3 aromatic carbocycles. The molecule has 1 atom stereocenters. The predicted molar refractivity (Wildman–Crippen MR) is 142 cm³/mol. The molecule has 1 aliphatic heterocycles. The highest BCUT2D eigenvalue weighted by Crippen LogP contribution is 2.34. The zero-order chi connectivity index (χ0) is 25.1. The molecule has 0 radical (unpaired) electrons. The minimum Gasteiger partial charge on any atom is -0.497 e. The summed E-state index contributed by atoms with van der Waals surface area (Å²) in [7, 11) is 1.66. The summed E-state index contributed by atoms with van der Waals surface area (Å²) in [5, 5.41) is 10.1. The Kier molecular flexibility index (Phi) is 7.04. The zero-order valence-corrected chi connectivity index (χ0v) is 20.9. The van der Waals surface area contributed by atoms with Crippen LogP contribution in [0.2, 0.25) is 0 Å². The van der Waals surface area contributed by atoms with Gasteiger partial charge < -0.3 is 19.6 Å². The summed E-state index contributed by atoms with van der Waals surface area (Å²) in [6.45, 7) is 2.45. The minimum atomic E-state index is -0.925. The molecule has 1 aromatic heterocycles. The van der Waals surface area contributed by atoms with Crippen molar-refractivity contribution >= 4 is 38.3 Å². The lowest BCUT2D eigenvalue weighted by Gasteiger charge is -2.40. The Morgan fingerprint density at radius 2 is 1.94 bits per heavy atom. The van der Waals surface area contributed by atoms with E-state index in [1.54, 1.807) is 25.3 Å². The highest BCUT2D eigenvalue weighted by molar-refractivity contribution is 7.22. The third kappa shape index (κ3) is 5.14. The van der Waals surface area contributed by atoms with Crippen molar-refractivity contribution in [2.75, 3.05) is 36.5 Å². The summed E-state index contributed by atoms with van der Waals surface area (Å²) in [6.07, 6.45) is 2.83. The van der Waals surface area contributed by atoms with Crippen LogP contribution in [0.4, 0.5) is 15.2 Å². The number of hydrogen-bond acceptors (Lipinski definition) is 6. The Balaban J connectivity index is 1.41. The van der Waals surface area contributed by atoms with Crippen molar-refractivity contribution in [3.63, 3.8) is 0 Å². The van der Waals surface area contributed by atoms with Gasteiger partial charge in [0.2, 0.25) is 0 Å². The molecule has 186 valence electrons. The molecule has 1 saturated heterocycles. The second-order valence-corrected chi connectivity index (χ2v) is 9.95. The van der Waals surface area contributed by atoms with Gasteiger partial charge in [0.25, 0.3) is 0 Å². The third-order valence-corrected chi connectivity index (χ3v) is 7.84.